The van der Waals surface area contributed by atoms with Gasteiger partial charge in [-0.25, -0.2) is 0 Å². The van der Waals surface area contributed by atoms with E-state index in [1.54, 1.807) is 0 Å². The minimum absolute atomic E-state index is 0.0659. The van der Waals surface area contributed by atoms with Crippen LogP contribution in [-0.4, -0.2) is 22.3 Å². The Kier molecular flexibility index (Phi) is 5.38. The second-order valence-electron chi connectivity index (χ2n) is 12.6. The SMILES string of the molecule is CC(=O)C1=C(C)C[C@]2(C)CC3(C)Cc4c(-c5cc(C)ccn5)ccc(C)c4C(=O)C3C(C)[C@]2(C)C1=O. The van der Waals surface area contributed by atoms with Crippen molar-refractivity contribution in [3.63, 3.8) is 0 Å². The monoisotopic (exact) mass is 483 g/mol. The number of nitrogens with zero attached hydrogens (tertiary/aromatic N) is 1. The van der Waals surface area contributed by atoms with Crippen LogP contribution >= 0.6 is 0 Å². The van der Waals surface area contributed by atoms with Gasteiger partial charge in [0.2, 0.25) is 0 Å². The number of rotatable bonds is 2. The summed E-state index contributed by atoms with van der Waals surface area (Å²) in [6.45, 7) is 16.1. The first-order chi connectivity index (χ1) is 16.7. The van der Waals surface area contributed by atoms with Crippen molar-refractivity contribution >= 4 is 17.3 Å². The number of benzene rings is 1. The highest BCUT2D eigenvalue weighted by Gasteiger charge is 2.67. The molecule has 0 radical (unpaired) electrons. The van der Waals surface area contributed by atoms with Gasteiger partial charge in [-0.15, -0.1) is 0 Å². The Bertz CT molecular complexity index is 1380. The molecular weight excluding hydrogens is 446 g/mol. The van der Waals surface area contributed by atoms with Crippen molar-refractivity contribution in [1.29, 1.82) is 0 Å². The fraction of sp³-hybridized carbons (Fsp3) is 0.500. The summed E-state index contributed by atoms with van der Waals surface area (Å²) >= 11 is 0. The lowest BCUT2D eigenvalue weighted by molar-refractivity contribution is -0.159. The van der Waals surface area contributed by atoms with Crippen LogP contribution in [0.4, 0.5) is 0 Å². The van der Waals surface area contributed by atoms with Gasteiger partial charge in [0, 0.05) is 28.7 Å². The van der Waals surface area contributed by atoms with Crippen LogP contribution in [0.2, 0.25) is 0 Å². The van der Waals surface area contributed by atoms with E-state index in [2.05, 4.69) is 44.8 Å². The summed E-state index contributed by atoms with van der Waals surface area (Å²) in [4.78, 5) is 45.6. The van der Waals surface area contributed by atoms with Gasteiger partial charge in [-0.05, 0) is 92.5 Å². The summed E-state index contributed by atoms with van der Waals surface area (Å²) in [5, 5.41) is 0. The molecule has 5 atom stereocenters. The predicted octanol–water partition coefficient (Wildman–Crippen LogP) is 6.66. The van der Waals surface area contributed by atoms with E-state index in [1.807, 2.05) is 39.1 Å². The van der Waals surface area contributed by atoms with Crippen LogP contribution in [0.3, 0.4) is 0 Å². The van der Waals surface area contributed by atoms with Gasteiger partial charge in [-0.1, -0.05) is 45.4 Å². The summed E-state index contributed by atoms with van der Waals surface area (Å²) < 4.78 is 0. The molecule has 1 aromatic carbocycles. The van der Waals surface area contributed by atoms with Gasteiger partial charge in [-0.2, -0.15) is 0 Å². The van der Waals surface area contributed by atoms with Crippen LogP contribution in [0.1, 0.15) is 81.4 Å². The Balaban J connectivity index is 1.71. The number of allylic oxidation sites excluding steroid dienone is 2. The Hall–Kier alpha value is -2.88. The molecule has 0 N–H and O–H groups in total. The molecule has 4 heteroatoms. The minimum atomic E-state index is -0.769. The Morgan fingerprint density at radius 3 is 2.36 bits per heavy atom. The third-order valence-corrected chi connectivity index (χ3v) is 10.2. The lowest BCUT2D eigenvalue weighted by Gasteiger charge is -2.64. The lowest BCUT2D eigenvalue weighted by atomic mass is 9.37. The van der Waals surface area contributed by atoms with Gasteiger partial charge in [0.25, 0.3) is 0 Å². The Morgan fingerprint density at radius 1 is 1.03 bits per heavy atom. The number of aryl methyl sites for hydroxylation is 2. The number of ketones is 3. The van der Waals surface area contributed by atoms with E-state index >= 15 is 0 Å². The van der Waals surface area contributed by atoms with Gasteiger partial charge in [0.1, 0.15) is 0 Å². The van der Waals surface area contributed by atoms with Gasteiger partial charge in [-0.3, -0.25) is 19.4 Å². The van der Waals surface area contributed by atoms with E-state index in [4.69, 9.17) is 0 Å². The second kappa shape index (κ2) is 7.81. The molecule has 1 aromatic heterocycles. The van der Waals surface area contributed by atoms with Crippen LogP contribution < -0.4 is 0 Å². The van der Waals surface area contributed by atoms with Crippen molar-refractivity contribution in [2.24, 2.45) is 28.1 Å². The molecule has 0 aliphatic heterocycles. The Morgan fingerprint density at radius 2 is 1.72 bits per heavy atom. The molecule has 36 heavy (non-hydrogen) atoms. The van der Waals surface area contributed by atoms with E-state index in [1.165, 1.54) is 6.92 Å². The topological polar surface area (TPSA) is 64.1 Å². The number of fused-ring (bicyclic) bond motifs is 3. The molecule has 1 saturated carbocycles. The molecular formula is C32H37NO3. The minimum Gasteiger partial charge on any atom is -0.294 e. The number of hydrogen-bond acceptors (Lipinski definition) is 4. The number of Topliss-reactive ketones (excluding diaryl/α,β-unsaturated/α-hetero) is 3. The molecule has 3 aliphatic carbocycles. The van der Waals surface area contributed by atoms with E-state index in [-0.39, 0.29) is 40.0 Å². The van der Waals surface area contributed by atoms with E-state index < -0.39 is 5.41 Å². The van der Waals surface area contributed by atoms with Gasteiger partial charge in [0.15, 0.2) is 17.3 Å². The maximum absolute atomic E-state index is 14.4. The smallest absolute Gasteiger partial charge is 0.173 e. The summed E-state index contributed by atoms with van der Waals surface area (Å²) in [5.74, 6) is -0.545. The van der Waals surface area contributed by atoms with Crippen LogP contribution in [0, 0.1) is 41.9 Å². The van der Waals surface area contributed by atoms with Crippen LogP contribution in [0.25, 0.3) is 11.3 Å². The molecule has 0 bridgehead atoms. The molecule has 0 saturated heterocycles. The number of hydrogen-bond donors (Lipinski definition) is 0. The van der Waals surface area contributed by atoms with Gasteiger partial charge >= 0.3 is 0 Å². The van der Waals surface area contributed by atoms with Crippen LogP contribution in [0.5, 0.6) is 0 Å². The maximum atomic E-state index is 14.4. The van der Waals surface area contributed by atoms with Gasteiger partial charge < -0.3 is 0 Å². The molecule has 3 unspecified atom stereocenters. The molecule has 4 nitrogen and oxygen atoms in total. The third kappa shape index (κ3) is 3.12. The quantitative estimate of drug-likeness (QED) is 0.448. The number of carbonyl (C=O) groups is 3. The standard InChI is InChI=1S/C32H37NO3/c1-17-11-12-33-24(13-17)22-10-9-18(2)26-23(22)15-30(6)16-31(7)14-19(3)25(21(5)34)29(36)32(31,8)20(4)27(30)28(26)35/h9-13,20,27H,14-16H2,1-8H3/t20?,27?,30?,31-,32-/m1/s1. The average molecular weight is 484 g/mol. The molecule has 0 spiro atoms. The number of aromatic nitrogens is 1. The highest BCUT2D eigenvalue weighted by atomic mass is 16.2. The molecule has 188 valence electrons. The van der Waals surface area contributed by atoms with E-state index in [0.717, 1.165) is 51.9 Å². The number of carbonyl (C=O) groups excluding carboxylic acids is 3. The first kappa shape index (κ1) is 24.8. The zero-order valence-corrected chi connectivity index (χ0v) is 22.8. The molecule has 2 aromatic rings. The maximum Gasteiger partial charge on any atom is 0.173 e. The van der Waals surface area contributed by atoms with E-state index in [9.17, 15) is 14.4 Å². The fourth-order valence-electron chi connectivity index (χ4n) is 8.48. The molecule has 1 heterocycles. The molecule has 0 amide bonds. The van der Waals surface area contributed by atoms with E-state index in [0.29, 0.717) is 12.0 Å². The fourth-order valence-corrected chi connectivity index (χ4v) is 8.48. The second-order valence-corrected chi connectivity index (χ2v) is 12.6. The number of pyridine rings is 1. The highest BCUT2D eigenvalue weighted by Crippen LogP contribution is 2.68. The van der Waals surface area contributed by atoms with Crippen molar-refractivity contribution in [1.82, 2.24) is 4.98 Å². The summed E-state index contributed by atoms with van der Waals surface area (Å²) in [6.07, 6.45) is 4.08. The summed E-state index contributed by atoms with van der Waals surface area (Å²) in [5.41, 5.74) is 5.81. The molecule has 5 rings (SSSR count). The zero-order valence-electron chi connectivity index (χ0n) is 22.8. The van der Waals surface area contributed by atoms with Crippen molar-refractivity contribution in [3.05, 3.63) is 63.9 Å². The highest BCUT2D eigenvalue weighted by molar-refractivity contribution is 6.23. The van der Waals surface area contributed by atoms with Gasteiger partial charge in [0.05, 0.1) is 11.3 Å². The van der Waals surface area contributed by atoms with Crippen molar-refractivity contribution in [2.45, 2.75) is 74.7 Å². The average Bonchev–Trinajstić information content (AvgIpc) is 2.76. The van der Waals surface area contributed by atoms with Crippen molar-refractivity contribution in [2.75, 3.05) is 0 Å². The van der Waals surface area contributed by atoms with Crippen LogP contribution in [-0.2, 0) is 16.0 Å². The normalized spacial score (nSPS) is 33.7. The first-order valence-electron chi connectivity index (χ1n) is 13.1. The third-order valence-electron chi connectivity index (χ3n) is 10.2. The largest absolute Gasteiger partial charge is 0.294 e. The summed E-state index contributed by atoms with van der Waals surface area (Å²) in [7, 11) is 0. The zero-order chi connectivity index (χ0) is 26.4. The predicted molar refractivity (Wildman–Crippen MR) is 142 cm³/mol. The lowest BCUT2D eigenvalue weighted by Crippen LogP contribution is -2.64. The Labute approximate surface area is 214 Å². The summed E-state index contributed by atoms with van der Waals surface area (Å²) in [6, 6.07) is 8.22. The van der Waals surface area contributed by atoms with Crippen molar-refractivity contribution < 1.29 is 14.4 Å². The van der Waals surface area contributed by atoms with Crippen molar-refractivity contribution in [3.8, 4) is 11.3 Å². The van der Waals surface area contributed by atoms with Crippen LogP contribution in [0.15, 0.2) is 41.6 Å². The first-order valence-corrected chi connectivity index (χ1v) is 13.1. The molecule has 3 aliphatic rings. The molecule has 1 fully saturated rings.